The minimum atomic E-state index is -0.373. The van der Waals surface area contributed by atoms with Crippen molar-refractivity contribution in [1.29, 1.82) is 0 Å². The summed E-state index contributed by atoms with van der Waals surface area (Å²) in [6.07, 6.45) is 6.27. The number of nitrogens with zero attached hydrogens (tertiary/aromatic N) is 2. The van der Waals surface area contributed by atoms with Crippen LogP contribution in [0.15, 0.2) is 18.2 Å². The summed E-state index contributed by atoms with van der Waals surface area (Å²) in [5, 5.41) is 14.9. The average Bonchev–Trinajstić information content (AvgIpc) is 2.58. The van der Waals surface area contributed by atoms with Gasteiger partial charge in [0.2, 0.25) is 0 Å². The van der Waals surface area contributed by atoms with Crippen LogP contribution in [0.1, 0.15) is 43.7 Å². The number of piperazine rings is 1. The molecule has 1 saturated carbocycles. The van der Waals surface area contributed by atoms with E-state index in [0.717, 1.165) is 31.7 Å². The molecule has 1 aliphatic heterocycles. The molecule has 126 valence electrons. The van der Waals surface area contributed by atoms with Gasteiger partial charge in [-0.15, -0.1) is 0 Å². The molecule has 1 N–H and O–H groups in total. The fourth-order valence-corrected chi connectivity index (χ4v) is 4.23. The molecule has 5 nitrogen and oxygen atoms in total. The fourth-order valence-electron chi connectivity index (χ4n) is 4.04. The smallest absolute Gasteiger partial charge is 0.288 e. The van der Waals surface area contributed by atoms with Crippen molar-refractivity contribution in [3.05, 3.63) is 38.9 Å². The second-order valence-corrected chi connectivity index (χ2v) is 7.00. The predicted octanol–water partition coefficient (Wildman–Crippen LogP) is 3.77. The zero-order chi connectivity index (χ0) is 16.2. The standard InChI is InChI=1S/C17H24ClN3O2/c18-15-7-6-14(12-16(15)21(22)23)17(13-4-2-1-3-5-13)20-10-8-19-9-11-20/h6-7,12-13,17,19H,1-5,8-11H2/t17-/m1/s1. The lowest BCUT2D eigenvalue weighted by Gasteiger charge is -2.41. The van der Waals surface area contributed by atoms with Gasteiger partial charge in [0.25, 0.3) is 5.69 Å². The van der Waals surface area contributed by atoms with Crippen molar-refractivity contribution in [2.75, 3.05) is 26.2 Å². The van der Waals surface area contributed by atoms with E-state index in [1.54, 1.807) is 12.1 Å². The Morgan fingerprint density at radius 3 is 2.57 bits per heavy atom. The first kappa shape index (κ1) is 16.7. The van der Waals surface area contributed by atoms with Gasteiger partial charge in [-0.3, -0.25) is 15.0 Å². The van der Waals surface area contributed by atoms with Gasteiger partial charge in [-0.25, -0.2) is 0 Å². The van der Waals surface area contributed by atoms with E-state index < -0.39 is 0 Å². The van der Waals surface area contributed by atoms with Crippen LogP contribution in [0.2, 0.25) is 5.02 Å². The third kappa shape index (κ3) is 3.84. The van der Waals surface area contributed by atoms with E-state index in [9.17, 15) is 10.1 Å². The van der Waals surface area contributed by atoms with Crippen molar-refractivity contribution in [2.24, 2.45) is 5.92 Å². The summed E-state index contributed by atoms with van der Waals surface area (Å²) < 4.78 is 0. The molecule has 1 aromatic rings. The summed E-state index contributed by atoms with van der Waals surface area (Å²) in [6.45, 7) is 3.97. The summed E-state index contributed by atoms with van der Waals surface area (Å²) in [5.41, 5.74) is 1.08. The first-order chi connectivity index (χ1) is 11.2. The Kier molecular flexibility index (Phi) is 5.51. The second-order valence-electron chi connectivity index (χ2n) is 6.60. The molecule has 2 fully saturated rings. The first-order valence-electron chi connectivity index (χ1n) is 8.55. The molecular weight excluding hydrogens is 314 g/mol. The molecule has 1 aliphatic carbocycles. The zero-order valence-electron chi connectivity index (χ0n) is 13.3. The lowest BCUT2D eigenvalue weighted by Crippen LogP contribution is -2.47. The number of hydrogen-bond donors (Lipinski definition) is 1. The van der Waals surface area contributed by atoms with E-state index in [2.05, 4.69) is 10.2 Å². The number of nitrogens with one attached hydrogen (secondary N) is 1. The topological polar surface area (TPSA) is 58.4 Å². The maximum Gasteiger partial charge on any atom is 0.288 e. The fraction of sp³-hybridized carbons (Fsp3) is 0.647. The molecule has 1 heterocycles. The number of halogens is 1. The maximum absolute atomic E-state index is 11.2. The van der Waals surface area contributed by atoms with Crippen LogP contribution in [0, 0.1) is 16.0 Å². The van der Waals surface area contributed by atoms with Crippen molar-refractivity contribution < 1.29 is 4.92 Å². The van der Waals surface area contributed by atoms with E-state index in [0.29, 0.717) is 5.92 Å². The molecule has 0 spiro atoms. The summed E-state index contributed by atoms with van der Waals surface area (Å²) >= 11 is 6.00. The highest BCUT2D eigenvalue weighted by molar-refractivity contribution is 6.32. The first-order valence-corrected chi connectivity index (χ1v) is 8.93. The van der Waals surface area contributed by atoms with E-state index in [4.69, 9.17) is 11.6 Å². The molecule has 1 aromatic carbocycles. The normalized spacial score (nSPS) is 22.0. The van der Waals surface area contributed by atoms with Gasteiger partial charge in [0.1, 0.15) is 5.02 Å². The number of nitro benzene ring substituents is 1. The van der Waals surface area contributed by atoms with Crippen LogP contribution >= 0.6 is 11.6 Å². The molecule has 0 unspecified atom stereocenters. The van der Waals surface area contributed by atoms with Crippen LogP contribution in [0.3, 0.4) is 0 Å². The lowest BCUT2D eigenvalue weighted by atomic mass is 9.80. The van der Waals surface area contributed by atoms with Crippen molar-refractivity contribution in [1.82, 2.24) is 10.2 Å². The molecule has 0 amide bonds. The molecule has 2 aliphatic rings. The van der Waals surface area contributed by atoms with Crippen LogP contribution in [0.25, 0.3) is 0 Å². The van der Waals surface area contributed by atoms with Gasteiger partial charge < -0.3 is 5.32 Å². The monoisotopic (exact) mass is 337 g/mol. The largest absolute Gasteiger partial charge is 0.314 e. The quantitative estimate of drug-likeness (QED) is 0.671. The number of benzene rings is 1. The van der Waals surface area contributed by atoms with Gasteiger partial charge in [0.05, 0.1) is 4.92 Å². The van der Waals surface area contributed by atoms with Crippen LogP contribution < -0.4 is 5.32 Å². The minimum absolute atomic E-state index is 0.0279. The van der Waals surface area contributed by atoms with Crippen LogP contribution in [-0.4, -0.2) is 36.0 Å². The minimum Gasteiger partial charge on any atom is -0.314 e. The highest BCUT2D eigenvalue weighted by Gasteiger charge is 2.32. The lowest BCUT2D eigenvalue weighted by molar-refractivity contribution is -0.384. The van der Waals surface area contributed by atoms with Gasteiger partial charge in [-0.05, 0) is 30.4 Å². The zero-order valence-corrected chi connectivity index (χ0v) is 14.1. The summed E-state index contributed by atoms with van der Waals surface area (Å²) in [5.74, 6) is 0.586. The molecule has 0 radical (unpaired) electrons. The number of rotatable bonds is 4. The highest BCUT2D eigenvalue weighted by atomic mass is 35.5. The van der Waals surface area contributed by atoms with Crippen molar-refractivity contribution in [3.63, 3.8) is 0 Å². The van der Waals surface area contributed by atoms with Gasteiger partial charge in [-0.1, -0.05) is 36.9 Å². The van der Waals surface area contributed by atoms with Gasteiger partial charge >= 0.3 is 0 Å². The molecular formula is C17H24ClN3O2. The van der Waals surface area contributed by atoms with E-state index in [-0.39, 0.29) is 21.7 Å². The average molecular weight is 338 g/mol. The number of hydrogen-bond acceptors (Lipinski definition) is 4. The van der Waals surface area contributed by atoms with Gasteiger partial charge in [-0.2, -0.15) is 0 Å². The maximum atomic E-state index is 11.2. The third-order valence-electron chi connectivity index (χ3n) is 5.15. The Bertz CT molecular complexity index is 537. The molecule has 6 heteroatoms. The predicted molar refractivity (Wildman–Crippen MR) is 91.9 cm³/mol. The van der Waals surface area contributed by atoms with Crippen molar-refractivity contribution >= 4 is 17.3 Å². The third-order valence-corrected chi connectivity index (χ3v) is 5.47. The Labute approximate surface area is 142 Å². The summed E-state index contributed by atoms with van der Waals surface area (Å²) in [7, 11) is 0. The molecule has 1 saturated heterocycles. The van der Waals surface area contributed by atoms with E-state index >= 15 is 0 Å². The van der Waals surface area contributed by atoms with E-state index in [1.807, 2.05) is 6.07 Å². The Hall–Kier alpha value is -1.17. The second kappa shape index (κ2) is 7.60. The number of nitro groups is 1. The molecule has 3 rings (SSSR count). The van der Waals surface area contributed by atoms with Crippen molar-refractivity contribution in [3.8, 4) is 0 Å². The van der Waals surface area contributed by atoms with E-state index in [1.165, 1.54) is 32.1 Å². The summed E-state index contributed by atoms with van der Waals surface area (Å²) in [6, 6.07) is 5.64. The summed E-state index contributed by atoms with van der Waals surface area (Å²) in [4.78, 5) is 13.4. The Morgan fingerprint density at radius 1 is 1.22 bits per heavy atom. The molecule has 0 bridgehead atoms. The Balaban J connectivity index is 1.93. The molecule has 23 heavy (non-hydrogen) atoms. The van der Waals surface area contributed by atoms with Crippen LogP contribution in [0.4, 0.5) is 5.69 Å². The van der Waals surface area contributed by atoms with Gasteiger partial charge in [0.15, 0.2) is 0 Å². The van der Waals surface area contributed by atoms with Crippen molar-refractivity contribution in [2.45, 2.75) is 38.1 Å². The molecule has 1 atom stereocenters. The molecule has 0 aromatic heterocycles. The van der Waals surface area contributed by atoms with Crippen LogP contribution in [0.5, 0.6) is 0 Å². The SMILES string of the molecule is O=[N+]([O-])c1cc([C@@H](C2CCCCC2)N2CCNCC2)ccc1Cl. The Morgan fingerprint density at radius 2 is 1.91 bits per heavy atom. The highest BCUT2D eigenvalue weighted by Crippen LogP contribution is 2.40. The van der Waals surface area contributed by atoms with Crippen LogP contribution in [-0.2, 0) is 0 Å². The van der Waals surface area contributed by atoms with Gasteiger partial charge in [0, 0.05) is 38.3 Å².